The molecule has 0 aliphatic heterocycles. The van der Waals surface area contributed by atoms with Crippen molar-refractivity contribution in [1.82, 2.24) is 0 Å². The minimum atomic E-state index is -0.353. The summed E-state index contributed by atoms with van der Waals surface area (Å²) in [5.74, 6) is -0.384. The lowest BCUT2D eigenvalue weighted by molar-refractivity contribution is 0.102. The second-order valence-electron chi connectivity index (χ2n) is 5.17. The lowest BCUT2D eigenvalue weighted by Gasteiger charge is -2.18. The maximum atomic E-state index is 12.2. The molecule has 22 heavy (non-hydrogen) atoms. The van der Waals surface area contributed by atoms with Gasteiger partial charge in [-0.15, -0.1) is 0 Å². The Hall–Kier alpha value is -2.53. The molecule has 0 fully saturated rings. The molecule has 0 radical (unpaired) electrons. The predicted octanol–water partition coefficient (Wildman–Crippen LogP) is 2.38. The molecular formula is C17H20N2O3. The zero-order chi connectivity index (χ0) is 16.1. The van der Waals surface area contributed by atoms with E-state index in [2.05, 4.69) is 5.32 Å². The molecule has 0 saturated carbocycles. The number of aromatic hydroxyl groups is 1. The number of aliphatic hydroxyl groups is 1. The van der Waals surface area contributed by atoms with Gasteiger partial charge in [0.15, 0.2) is 0 Å². The molecule has 3 N–H and O–H groups in total. The number of carbonyl (C=O) groups is 1. The monoisotopic (exact) mass is 300 g/mol. The van der Waals surface area contributed by atoms with Crippen molar-refractivity contribution in [1.29, 1.82) is 0 Å². The number of amides is 1. The summed E-state index contributed by atoms with van der Waals surface area (Å²) < 4.78 is 0. The third-order valence-electron chi connectivity index (χ3n) is 3.40. The second kappa shape index (κ2) is 6.95. The first kappa shape index (κ1) is 15.9. The molecule has 0 bridgehead atoms. The molecule has 0 heterocycles. The number of carbonyl (C=O) groups excluding carboxylic acids is 1. The topological polar surface area (TPSA) is 72.8 Å². The van der Waals surface area contributed by atoms with Crippen molar-refractivity contribution in [3.8, 4) is 5.75 Å². The molecule has 0 aliphatic carbocycles. The Bertz CT molecular complexity index is 653. The van der Waals surface area contributed by atoms with Crippen LogP contribution in [0.5, 0.6) is 5.75 Å². The highest BCUT2D eigenvalue weighted by molar-refractivity contribution is 6.06. The van der Waals surface area contributed by atoms with Gasteiger partial charge in [0, 0.05) is 25.0 Å². The number of nitrogens with zero attached hydrogens (tertiary/aromatic N) is 1. The van der Waals surface area contributed by atoms with Crippen LogP contribution in [0.1, 0.15) is 15.9 Å². The van der Waals surface area contributed by atoms with E-state index in [1.807, 2.05) is 31.0 Å². The van der Waals surface area contributed by atoms with E-state index in [9.17, 15) is 9.90 Å². The number of hydrogen-bond acceptors (Lipinski definition) is 4. The van der Waals surface area contributed by atoms with Gasteiger partial charge in [0.2, 0.25) is 0 Å². The number of phenols is 1. The average molecular weight is 300 g/mol. The minimum Gasteiger partial charge on any atom is -0.507 e. The highest BCUT2D eigenvalue weighted by Crippen LogP contribution is 2.21. The predicted molar refractivity (Wildman–Crippen MR) is 87.6 cm³/mol. The second-order valence-corrected chi connectivity index (χ2v) is 5.17. The van der Waals surface area contributed by atoms with Crippen LogP contribution in [0.4, 0.5) is 11.4 Å². The molecule has 5 nitrogen and oxygen atoms in total. The summed E-state index contributed by atoms with van der Waals surface area (Å²) in [6.07, 6.45) is 0. The summed E-state index contributed by atoms with van der Waals surface area (Å²) in [5.41, 5.74) is 2.73. The summed E-state index contributed by atoms with van der Waals surface area (Å²) >= 11 is 0. The van der Waals surface area contributed by atoms with Crippen LogP contribution in [0.15, 0.2) is 42.5 Å². The van der Waals surface area contributed by atoms with Crippen molar-refractivity contribution in [2.45, 2.75) is 6.92 Å². The number of likely N-dealkylation sites (N-methyl/N-ethyl adjacent to an activating group) is 1. The zero-order valence-corrected chi connectivity index (χ0v) is 12.7. The van der Waals surface area contributed by atoms with Gasteiger partial charge in [-0.05, 0) is 48.9 Å². The van der Waals surface area contributed by atoms with Crippen LogP contribution in [0.3, 0.4) is 0 Å². The van der Waals surface area contributed by atoms with Crippen LogP contribution in [-0.4, -0.2) is 36.3 Å². The van der Waals surface area contributed by atoms with Gasteiger partial charge >= 0.3 is 0 Å². The van der Waals surface area contributed by atoms with Crippen LogP contribution >= 0.6 is 0 Å². The number of nitrogens with one attached hydrogen (secondary N) is 1. The average Bonchev–Trinajstić information content (AvgIpc) is 2.48. The number of rotatable bonds is 5. The molecule has 5 heteroatoms. The van der Waals surface area contributed by atoms with Crippen molar-refractivity contribution < 1.29 is 15.0 Å². The maximum Gasteiger partial charge on any atom is 0.259 e. The Morgan fingerprint density at radius 1 is 1.18 bits per heavy atom. The fraction of sp³-hybridized carbons (Fsp3) is 0.235. The molecule has 0 aliphatic rings. The van der Waals surface area contributed by atoms with E-state index >= 15 is 0 Å². The van der Waals surface area contributed by atoms with Gasteiger partial charge in [0.1, 0.15) is 5.75 Å². The third kappa shape index (κ3) is 3.77. The van der Waals surface area contributed by atoms with Crippen molar-refractivity contribution in [2.75, 3.05) is 30.4 Å². The van der Waals surface area contributed by atoms with Gasteiger partial charge in [0.25, 0.3) is 5.91 Å². The highest BCUT2D eigenvalue weighted by atomic mass is 16.3. The molecule has 0 spiro atoms. The number of anilines is 2. The summed E-state index contributed by atoms with van der Waals surface area (Å²) in [6, 6.07) is 12.2. The first-order valence-corrected chi connectivity index (χ1v) is 7.04. The quantitative estimate of drug-likeness (QED) is 0.792. The van der Waals surface area contributed by atoms with Crippen LogP contribution < -0.4 is 10.2 Å². The molecular weight excluding hydrogens is 280 g/mol. The van der Waals surface area contributed by atoms with Gasteiger partial charge in [0.05, 0.1) is 12.2 Å². The fourth-order valence-electron chi connectivity index (χ4n) is 2.11. The van der Waals surface area contributed by atoms with Crippen LogP contribution in [0.2, 0.25) is 0 Å². The fourth-order valence-corrected chi connectivity index (χ4v) is 2.11. The van der Waals surface area contributed by atoms with E-state index in [4.69, 9.17) is 5.11 Å². The van der Waals surface area contributed by atoms with Crippen molar-refractivity contribution in [3.63, 3.8) is 0 Å². The third-order valence-corrected chi connectivity index (χ3v) is 3.40. The first-order chi connectivity index (χ1) is 10.5. The molecule has 0 saturated heterocycles. The van der Waals surface area contributed by atoms with E-state index in [-0.39, 0.29) is 23.8 Å². The maximum absolute atomic E-state index is 12.2. The molecule has 116 valence electrons. The summed E-state index contributed by atoms with van der Waals surface area (Å²) in [5, 5.41) is 21.5. The highest BCUT2D eigenvalue weighted by Gasteiger charge is 2.11. The van der Waals surface area contributed by atoms with Crippen molar-refractivity contribution in [3.05, 3.63) is 53.6 Å². The number of aliphatic hydroxyl groups excluding tert-OH is 1. The van der Waals surface area contributed by atoms with Gasteiger partial charge in [-0.3, -0.25) is 4.79 Å². The van der Waals surface area contributed by atoms with Crippen molar-refractivity contribution in [2.24, 2.45) is 0 Å². The van der Waals surface area contributed by atoms with Crippen LogP contribution in [0, 0.1) is 6.92 Å². The Morgan fingerprint density at radius 3 is 2.45 bits per heavy atom. The first-order valence-electron chi connectivity index (χ1n) is 7.04. The van der Waals surface area contributed by atoms with E-state index in [0.29, 0.717) is 12.2 Å². The Labute approximate surface area is 129 Å². The van der Waals surface area contributed by atoms with Gasteiger partial charge in [-0.1, -0.05) is 6.07 Å². The SMILES string of the molecule is Cc1ccc(C(=O)Nc2ccc(N(C)CCO)cc2)c(O)c1. The molecule has 0 unspecified atom stereocenters. The van der Waals surface area contributed by atoms with Crippen molar-refractivity contribution >= 4 is 17.3 Å². The molecule has 0 atom stereocenters. The molecule has 0 aromatic heterocycles. The number of phenolic OH excluding ortho intramolecular Hbond substituents is 1. The lowest BCUT2D eigenvalue weighted by Crippen LogP contribution is -2.21. The summed E-state index contributed by atoms with van der Waals surface area (Å²) in [4.78, 5) is 14.1. The largest absolute Gasteiger partial charge is 0.507 e. The van der Waals surface area contributed by atoms with E-state index in [0.717, 1.165) is 11.3 Å². The van der Waals surface area contributed by atoms with Crippen LogP contribution in [0.25, 0.3) is 0 Å². The number of benzene rings is 2. The van der Waals surface area contributed by atoms with E-state index in [1.165, 1.54) is 0 Å². The minimum absolute atomic E-state index is 0.0307. The van der Waals surface area contributed by atoms with Crippen LogP contribution in [-0.2, 0) is 0 Å². The van der Waals surface area contributed by atoms with E-state index < -0.39 is 0 Å². The molecule has 1 amide bonds. The Kier molecular flexibility index (Phi) is 5.01. The Balaban J connectivity index is 2.08. The normalized spacial score (nSPS) is 10.3. The lowest BCUT2D eigenvalue weighted by atomic mass is 10.1. The molecule has 2 aromatic carbocycles. The zero-order valence-electron chi connectivity index (χ0n) is 12.7. The van der Waals surface area contributed by atoms with Gasteiger partial charge in [-0.2, -0.15) is 0 Å². The standard InChI is InChI=1S/C17H20N2O3/c1-12-3-8-15(16(21)11-12)17(22)18-13-4-6-14(7-5-13)19(2)9-10-20/h3-8,11,20-21H,9-10H2,1-2H3,(H,18,22). The number of aryl methyl sites for hydroxylation is 1. The van der Waals surface area contributed by atoms with E-state index in [1.54, 1.807) is 30.3 Å². The molecule has 2 aromatic rings. The Morgan fingerprint density at radius 2 is 1.86 bits per heavy atom. The molecule has 2 rings (SSSR count). The van der Waals surface area contributed by atoms with Gasteiger partial charge in [-0.25, -0.2) is 0 Å². The summed E-state index contributed by atoms with van der Waals surface area (Å²) in [6.45, 7) is 2.48. The summed E-state index contributed by atoms with van der Waals surface area (Å²) in [7, 11) is 1.88. The van der Waals surface area contributed by atoms with Gasteiger partial charge < -0.3 is 20.4 Å². The smallest absolute Gasteiger partial charge is 0.259 e. The number of hydrogen-bond donors (Lipinski definition) is 3.